The summed E-state index contributed by atoms with van der Waals surface area (Å²) >= 11 is 0. The number of benzene rings is 2. The fourth-order valence-electron chi connectivity index (χ4n) is 2.02. The quantitative estimate of drug-likeness (QED) is 0.686. The molecule has 0 aliphatic carbocycles. The van der Waals surface area contributed by atoms with Crippen molar-refractivity contribution in [2.75, 3.05) is 0 Å². The third kappa shape index (κ3) is 2.41. The van der Waals surface area contributed by atoms with Gasteiger partial charge in [-0.3, -0.25) is 0 Å². The van der Waals surface area contributed by atoms with Gasteiger partial charge in [-0.15, -0.1) is 0 Å². The molecule has 3 rings (SSSR count). The standard InChI is InChI=1S/C16H11N6/c17-11-13(12-18)16-19-21(14-7-3-1-4-8-14)22(20-16)15-9-5-2-6-10-15/h1-10,13H/q+1. The lowest BCUT2D eigenvalue weighted by molar-refractivity contribution is -0.735. The van der Waals surface area contributed by atoms with E-state index in [9.17, 15) is 0 Å². The molecule has 0 spiro atoms. The van der Waals surface area contributed by atoms with Crippen LogP contribution in [0.4, 0.5) is 0 Å². The Morgan fingerprint density at radius 2 is 1.50 bits per heavy atom. The number of hydrogen-bond acceptors (Lipinski definition) is 4. The molecule has 0 aliphatic rings. The summed E-state index contributed by atoms with van der Waals surface area (Å²) in [5, 5.41) is 26.7. The highest BCUT2D eigenvalue weighted by Crippen LogP contribution is 2.10. The topological polar surface area (TPSA) is 82.2 Å². The summed E-state index contributed by atoms with van der Waals surface area (Å²) in [6.07, 6.45) is 0. The second-order valence-electron chi connectivity index (χ2n) is 4.50. The molecule has 22 heavy (non-hydrogen) atoms. The van der Waals surface area contributed by atoms with Crippen LogP contribution in [-0.2, 0) is 0 Å². The van der Waals surface area contributed by atoms with Crippen LogP contribution in [0.1, 0.15) is 11.7 Å². The van der Waals surface area contributed by atoms with E-state index < -0.39 is 5.92 Å². The number of aromatic nitrogens is 4. The van der Waals surface area contributed by atoms with Crippen molar-refractivity contribution >= 4 is 0 Å². The summed E-state index contributed by atoms with van der Waals surface area (Å²) in [5.74, 6) is -0.822. The van der Waals surface area contributed by atoms with Gasteiger partial charge in [0.25, 0.3) is 0 Å². The molecule has 0 saturated carbocycles. The van der Waals surface area contributed by atoms with Gasteiger partial charge >= 0.3 is 5.82 Å². The van der Waals surface area contributed by atoms with Gasteiger partial charge in [0, 0.05) is 4.80 Å². The largest absolute Gasteiger partial charge is 0.340 e. The van der Waals surface area contributed by atoms with Crippen LogP contribution in [0.3, 0.4) is 0 Å². The van der Waals surface area contributed by atoms with Crippen molar-refractivity contribution in [3.63, 3.8) is 0 Å². The first-order chi connectivity index (χ1) is 10.8. The molecule has 0 atom stereocenters. The number of hydrogen-bond donors (Lipinski definition) is 0. The van der Waals surface area contributed by atoms with Gasteiger partial charge in [-0.25, -0.2) is 0 Å². The minimum atomic E-state index is -1.00. The van der Waals surface area contributed by atoms with Crippen LogP contribution < -0.4 is 4.80 Å². The molecule has 0 radical (unpaired) electrons. The fourth-order valence-corrected chi connectivity index (χ4v) is 2.02. The van der Waals surface area contributed by atoms with Gasteiger partial charge in [0.1, 0.15) is 5.69 Å². The normalized spacial score (nSPS) is 10.1. The number of nitrogens with zero attached hydrogens (tertiary/aromatic N) is 6. The monoisotopic (exact) mass is 287 g/mol. The smallest absolute Gasteiger partial charge is 0.196 e. The Labute approximate surface area is 127 Å². The van der Waals surface area contributed by atoms with Gasteiger partial charge in [0.05, 0.1) is 17.2 Å². The van der Waals surface area contributed by atoms with Crippen LogP contribution in [0.2, 0.25) is 0 Å². The summed E-state index contributed by atoms with van der Waals surface area (Å²) in [4.78, 5) is 3.15. The highest BCUT2D eigenvalue weighted by atomic mass is 15.7. The SMILES string of the molecule is N#CC(C#N)c1nn(-c2ccccc2)[n+](-c2ccccc2)n1. The molecule has 6 heteroatoms. The molecule has 0 bridgehead atoms. The summed E-state index contributed by atoms with van der Waals surface area (Å²) in [6, 6.07) is 22.7. The van der Waals surface area contributed by atoms with Crippen LogP contribution in [0.15, 0.2) is 60.7 Å². The average molecular weight is 287 g/mol. The zero-order chi connectivity index (χ0) is 15.4. The first-order valence-electron chi connectivity index (χ1n) is 6.63. The summed E-state index contributed by atoms with van der Waals surface area (Å²) in [5.41, 5.74) is 1.58. The van der Waals surface area contributed by atoms with Gasteiger partial charge in [0.15, 0.2) is 5.69 Å². The Kier molecular flexibility index (Phi) is 3.59. The number of rotatable bonds is 3. The van der Waals surface area contributed by atoms with Crippen LogP contribution in [0.5, 0.6) is 0 Å². The molecule has 1 aromatic heterocycles. The van der Waals surface area contributed by atoms with Crippen LogP contribution in [0.25, 0.3) is 11.4 Å². The van der Waals surface area contributed by atoms with E-state index in [1.54, 1.807) is 9.59 Å². The highest BCUT2D eigenvalue weighted by molar-refractivity contribution is 5.29. The van der Waals surface area contributed by atoms with Crippen molar-refractivity contribution in [1.29, 1.82) is 10.5 Å². The van der Waals surface area contributed by atoms with E-state index >= 15 is 0 Å². The predicted molar refractivity (Wildman–Crippen MR) is 76.9 cm³/mol. The van der Waals surface area contributed by atoms with E-state index in [4.69, 9.17) is 10.5 Å². The molecule has 0 N–H and O–H groups in total. The highest BCUT2D eigenvalue weighted by Gasteiger charge is 2.28. The molecule has 3 aromatic rings. The van der Waals surface area contributed by atoms with Crippen molar-refractivity contribution in [2.24, 2.45) is 0 Å². The van der Waals surface area contributed by atoms with Crippen LogP contribution in [-0.4, -0.2) is 15.0 Å². The lowest BCUT2D eigenvalue weighted by Gasteiger charge is -1.98. The third-order valence-corrected chi connectivity index (χ3v) is 3.06. The van der Waals surface area contributed by atoms with Crippen molar-refractivity contribution in [3.8, 4) is 23.5 Å². The second-order valence-corrected chi connectivity index (χ2v) is 4.50. The van der Waals surface area contributed by atoms with Gasteiger partial charge in [0.2, 0.25) is 5.92 Å². The zero-order valence-corrected chi connectivity index (χ0v) is 11.5. The second kappa shape index (κ2) is 5.86. The Bertz CT molecular complexity index is 784. The zero-order valence-electron chi connectivity index (χ0n) is 11.5. The number of para-hydroxylation sites is 2. The molecule has 1 heterocycles. The van der Waals surface area contributed by atoms with E-state index in [1.165, 1.54) is 0 Å². The third-order valence-electron chi connectivity index (χ3n) is 3.06. The van der Waals surface area contributed by atoms with Crippen molar-refractivity contribution in [2.45, 2.75) is 5.92 Å². The molecular formula is C16H11N6+. The molecule has 0 amide bonds. The van der Waals surface area contributed by atoms with E-state index in [0.29, 0.717) is 0 Å². The van der Waals surface area contributed by atoms with Crippen molar-refractivity contribution < 1.29 is 4.80 Å². The molecule has 6 nitrogen and oxygen atoms in total. The average Bonchev–Trinajstić information content (AvgIpc) is 3.03. The van der Waals surface area contributed by atoms with Gasteiger partial charge in [-0.1, -0.05) is 36.4 Å². The van der Waals surface area contributed by atoms with Crippen molar-refractivity contribution in [3.05, 3.63) is 66.5 Å². The summed E-state index contributed by atoms with van der Waals surface area (Å²) < 4.78 is 0. The maximum atomic E-state index is 9.05. The van der Waals surface area contributed by atoms with Gasteiger partial charge in [-0.2, -0.15) is 10.5 Å². The fraction of sp³-hybridized carbons (Fsp3) is 0.0625. The maximum absolute atomic E-state index is 9.05. The minimum absolute atomic E-state index is 0.178. The summed E-state index contributed by atoms with van der Waals surface area (Å²) in [6.45, 7) is 0. The van der Waals surface area contributed by atoms with E-state index in [1.807, 2.05) is 72.8 Å². The molecule has 104 valence electrons. The van der Waals surface area contributed by atoms with Crippen LogP contribution >= 0.6 is 0 Å². The first kappa shape index (κ1) is 13.5. The van der Waals surface area contributed by atoms with E-state index in [-0.39, 0.29) is 5.82 Å². The Morgan fingerprint density at radius 3 is 2.09 bits per heavy atom. The number of tetrazole rings is 1. The Balaban J connectivity index is 2.20. The molecule has 0 unspecified atom stereocenters. The lowest BCUT2D eigenvalue weighted by atomic mass is 10.2. The maximum Gasteiger partial charge on any atom is 0.340 e. The Hall–Kier alpha value is -3.51. The minimum Gasteiger partial charge on any atom is -0.196 e. The molecule has 0 aliphatic heterocycles. The summed E-state index contributed by atoms with van der Waals surface area (Å²) in [7, 11) is 0. The van der Waals surface area contributed by atoms with Crippen molar-refractivity contribution in [1.82, 2.24) is 15.0 Å². The number of nitriles is 2. The first-order valence-corrected chi connectivity index (χ1v) is 6.63. The Morgan fingerprint density at radius 1 is 0.909 bits per heavy atom. The molecule has 0 saturated heterocycles. The van der Waals surface area contributed by atoms with Gasteiger partial charge in [-0.05, 0) is 34.2 Å². The lowest BCUT2D eigenvalue weighted by Crippen LogP contribution is -2.43. The van der Waals surface area contributed by atoms with Gasteiger partial charge < -0.3 is 0 Å². The van der Waals surface area contributed by atoms with E-state index in [0.717, 1.165) is 11.4 Å². The predicted octanol–water partition coefficient (Wildman–Crippen LogP) is 1.67. The molecule has 2 aromatic carbocycles. The molecular weight excluding hydrogens is 276 g/mol. The van der Waals surface area contributed by atoms with Crippen LogP contribution in [0, 0.1) is 22.7 Å². The molecule has 0 fully saturated rings. The van der Waals surface area contributed by atoms with E-state index in [2.05, 4.69) is 10.2 Å².